The predicted octanol–water partition coefficient (Wildman–Crippen LogP) is -1.25. The molecule has 0 aliphatic heterocycles. The Hall–Kier alpha value is 0.0700. The van der Waals surface area contributed by atoms with E-state index in [4.69, 9.17) is 4.89 Å². The fourth-order valence-corrected chi connectivity index (χ4v) is 0.386. The van der Waals surface area contributed by atoms with Crippen LogP contribution in [0.1, 0.15) is 0 Å². The number of rotatable bonds is 2. The molecule has 0 spiro atoms. The lowest BCUT2D eigenvalue weighted by atomic mass is 11.6. The Morgan fingerprint density at radius 2 is 2.25 bits per heavy atom. The zero-order chi connectivity index (χ0) is 6.78. The molecule has 2 atom stereocenters. The summed E-state index contributed by atoms with van der Waals surface area (Å²) < 4.78 is 14.2. The lowest BCUT2D eigenvalue weighted by molar-refractivity contribution is -0.703. The average molecular weight is 141 g/mol. The van der Waals surface area contributed by atoms with Crippen LogP contribution in [0, 0.1) is 5.21 Å². The van der Waals surface area contributed by atoms with E-state index in [1.54, 1.807) is 0 Å². The Morgan fingerprint density at radius 1 is 1.88 bits per heavy atom. The van der Waals surface area contributed by atoms with E-state index in [2.05, 4.69) is 4.52 Å². The van der Waals surface area contributed by atoms with Gasteiger partial charge in [0.2, 0.25) is 0 Å². The minimum Gasteiger partial charge on any atom is -0.628 e. The highest BCUT2D eigenvalue weighted by Crippen LogP contribution is 2.28. The number of nitrogens with one attached hydrogen (secondary N) is 1. The lowest BCUT2D eigenvalue weighted by Gasteiger charge is -2.18. The van der Waals surface area contributed by atoms with Crippen molar-refractivity contribution in [3.63, 3.8) is 0 Å². The van der Waals surface area contributed by atoms with E-state index in [1.165, 1.54) is 0 Å². The molecule has 5 nitrogen and oxygen atoms in total. The fourth-order valence-electron chi connectivity index (χ4n) is 0.129. The highest BCUT2D eigenvalue weighted by molar-refractivity contribution is 7.45. The van der Waals surface area contributed by atoms with E-state index in [0.29, 0.717) is 0 Å². The van der Waals surface area contributed by atoms with Crippen LogP contribution in [0.15, 0.2) is 0 Å². The lowest BCUT2D eigenvalue weighted by Crippen LogP contribution is -2.98. The van der Waals surface area contributed by atoms with Gasteiger partial charge in [0.05, 0.1) is 14.2 Å². The van der Waals surface area contributed by atoms with Gasteiger partial charge in [-0.15, -0.1) is 0 Å². The molecular weight excluding hydrogens is 133 g/mol. The van der Waals surface area contributed by atoms with E-state index in [9.17, 15) is 9.77 Å². The minimum absolute atomic E-state index is 0.833. The largest absolute Gasteiger partial charge is 0.628 e. The molecule has 0 saturated carbocycles. The molecular formula is C2H8NO4P. The van der Waals surface area contributed by atoms with Gasteiger partial charge in [-0.2, -0.15) is 0 Å². The van der Waals surface area contributed by atoms with Gasteiger partial charge in [0.15, 0.2) is 0 Å². The zero-order valence-corrected chi connectivity index (χ0v) is 5.51. The van der Waals surface area contributed by atoms with Crippen molar-refractivity contribution < 1.29 is 18.8 Å². The number of quaternary nitrogens is 1. The van der Waals surface area contributed by atoms with Crippen LogP contribution in [0.2, 0.25) is 0 Å². The van der Waals surface area contributed by atoms with Crippen LogP contribution in [0.4, 0.5) is 0 Å². The van der Waals surface area contributed by atoms with Crippen molar-refractivity contribution in [3.8, 4) is 0 Å². The number of hydroxylamine groups is 1. The van der Waals surface area contributed by atoms with Crippen LogP contribution in [-0.2, 0) is 9.09 Å². The first-order chi connectivity index (χ1) is 3.50. The highest BCUT2D eigenvalue weighted by atomic mass is 31.2. The number of hydrogen-bond acceptors (Lipinski definition) is 3. The zero-order valence-electron chi connectivity index (χ0n) is 4.62. The van der Waals surface area contributed by atoms with Gasteiger partial charge in [-0.05, 0) is 0 Å². The summed E-state index contributed by atoms with van der Waals surface area (Å²) >= 11 is 0. The minimum atomic E-state index is -3.88. The van der Waals surface area contributed by atoms with Crippen LogP contribution in [-0.4, -0.2) is 19.1 Å². The second-order valence-corrected chi connectivity index (χ2v) is 3.26. The van der Waals surface area contributed by atoms with Crippen molar-refractivity contribution in [2.45, 2.75) is 0 Å². The summed E-state index contributed by atoms with van der Waals surface area (Å²) in [6.07, 6.45) is 0. The molecule has 0 heterocycles. The molecule has 2 N–H and O–H groups in total. The first-order valence-electron chi connectivity index (χ1n) is 1.90. The van der Waals surface area contributed by atoms with E-state index in [0.717, 1.165) is 14.2 Å². The quantitative estimate of drug-likeness (QED) is 0.372. The maximum atomic E-state index is 10.3. The van der Waals surface area contributed by atoms with E-state index >= 15 is 0 Å². The van der Waals surface area contributed by atoms with Crippen LogP contribution >= 0.6 is 7.75 Å². The maximum Gasteiger partial charge on any atom is 0.526 e. The Morgan fingerprint density at radius 3 is 2.25 bits per heavy atom. The Labute approximate surface area is 47.0 Å². The van der Waals surface area contributed by atoms with Gasteiger partial charge in [0.1, 0.15) is 0 Å². The summed E-state index contributed by atoms with van der Waals surface area (Å²) in [5.74, 6) is 0. The first kappa shape index (κ1) is 8.07. The summed E-state index contributed by atoms with van der Waals surface area (Å²) in [4.78, 5) is 7.55. The highest BCUT2D eigenvalue weighted by Gasteiger charge is 2.22. The Bertz CT molecular complexity index is 113. The molecule has 0 rings (SSSR count). The van der Waals surface area contributed by atoms with Gasteiger partial charge in [0, 0.05) is 0 Å². The first-order valence-corrected chi connectivity index (χ1v) is 3.48. The summed E-state index contributed by atoms with van der Waals surface area (Å²) in [6.45, 7) is 0. The molecule has 0 aliphatic rings. The summed E-state index contributed by atoms with van der Waals surface area (Å²) in [7, 11) is -1.86. The van der Waals surface area contributed by atoms with Crippen molar-refractivity contribution in [2.24, 2.45) is 0 Å². The molecule has 0 bridgehead atoms. The summed E-state index contributed by atoms with van der Waals surface area (Å²) in [6, 6.07) is 0. The smallest absolute Gasteiger partial charge is 0.526 e. The SMILES string of the molecule is COP(=O)(O)[NH+](C)[O-]. The third kappa shape index (κ3) is 1.90. The third-order valence-electron chi connectivity index (χ3n) is 0.645. The standard InChI is InChI=1S/C2H8NO4P/c1-3(4)8(5,6)7-2/h3H,1-2H3,(H,5,6). The van der Waals surface area contributed by atoms with Crippen molar-refractivity contribution in [2.75, 3.05) is 14.2 Å². The topological polar surface area (TPSA) is 74.0 Å². The number of hydrogen-bond donors (Lipinski definition) is 2. The third-order valence-corrected chi connectivity index (χ3v) is 1.94. The molecule has 0 aliphatic carbocycles. The van der Waals surface area contributed by atoms with Crippen LogP contribution in [0.25, 0.3) is 0 Å². The van der Waals surface area contributed by atoms with Crippen LogP contribution < -0.4 is 4.83 Å². The normalized spacial score (nSPS) is 22.0. The molecule has 0 saturated heterocycles. The van der Waals surface area contributed by atoms with Crippen LogP contribution in [0.3, 0.4) is 0 Å². The summed E-state index contributed by atoms with van der Waals surface area (Å²) in [5, 5.41) is 10.1. The monoisotopic (exact) mass is 141 g/mol. The van der Waals surface area contributed by atoms with Crippen molar-refractivity contribution in [1.29, 1.82) is 0 Å². The molecule has 0 aromatic carbocycles. The van der Waals surface area contributed by atoms with Gasteiger partial charge < -0.3 is 5.21 Å². The van der Waals surface area contributed by atoms with Crippen molar-refractivity contribution in [3.05, 3.63) is 5.21 Å². The average Bonchev–Trinajstić information content (AvgIpc) is 1.67. The van der Waals surface area contributed by atoms with Gasteiger partial charge in [0.25, 0.3) is 0 Å². The van der Waals surface area contributed by atoms with Gasteiger partial charge >= 0.3 is 7.75 Å². The Kier molecular flexibility index (Phi) is 2.59. The second kappa shape index (κ2) is 2.57. The van der Waals surface area contributed by atoms with E-state index in [-0.39, 0.29) is 0 Å². The van der Waals surface area contributed by atoms with Gasteiger partial charge in [-0.1, -0.05) is 0 Å². The van der Waals surface area contributed by atoms with Crippen LogP contribution in [0.5, 0.6) is 0 Å². The predicted molar refractivity (Wildman–Crippen MR) is 27.1 cm³/mol. The molecule has 6 heteroatoms. The molecule has 0 aromatic heterocycles. The van der Waals surface area contributed by atoms with Gasteiger partial charge in [-0.3, -0.25) is 14.3 Å². The molecule has 0 radical (unpaired) electrons. The molecule has 0 amide bonds. The molecule has 50 valence electrons. The van der Waals surface area contributed by atoms with Crippen molar-refractivity contribution in [1.82, 2.24) is 0 Å². The summed E-state index contributed by atoms with van der Waals surface area (Å²) in [5.41, 5.74) is 0. The molecule has 0 aromatic rings. The van der Waals surface area contributed by atoms with E-state index in [1.807, 2.05) is 0 Å². The van der Waals surface area contributed by atoms with E-state index < -0.39 is 12.6 Å². The molecule has 0 fully saturated rings. The van der Waals surface area contributed by atoms with Gasteiger partial charge in [-0.25, -0.2) is 4.57 Å². The van der Waals surface area contributed by atoms with Crippen molar-refractivity contribution >= 4 is 7.75 Å². The fraction of sp³-hybridized carbons (Fsp3) is 1.00. The second-order valence-electron chi connectivity index (χ2n) is 1.22. The molecule has 8 heavy (non-hydrogen) atoms. The Balaban J connectivity index is 3.93. The molecule has 2 unspecified atom stereocenters. The maximum absolute atomic E-state index is 10.3.